The Morgan fingerprint density at radius 1 is 1.16 bits per heavy atom. The van der Waals surface area contributed by atoms with Crippen molar-refractivity contribution < 1.29 is 18.7 Å². The summed E-state index contributed by atoms with van der Waals surface area (Å²) in [6.07, 6.45) is 2.73. The van der Waals surface area contributed by atoms with Crippen molar-refractivity contribution in [1.82, 2.24) is 4.98 Å². The zero-order chi connectivity index (χ0) is 22.8. The van der Waals surface area contributed by atoms with Crippen LogP contribution in [0.4, 0.5) is 5.82 Å². The number of anilines is 1. The predicted molar refractivity (Wildman–Crippen MR) is 119 cm³/mol. The summed E-state index contributed by atoms with van der Waals surface area (Å²) in [6, 6.07) is 8.57. The van der Waals surface area contributed by atoms with Crippen LogP contribution < -0.4 is 16.3 Å². The molecule has 0 spiro atoms. The first kappa shape index (κ1) is 21.5. The SMILES string of the molecule is Cc1cc2oc(=O)cc(COC(=O)C3CCN(c4ccc(C(N)=O)cn4)CC3)c2cc1C. The fraction of sp³-hybridized carbons (Fsp3) is 0.333. The molecule has 2 N–H and O–H groups in total. The average molecular weight is 435 g/mol. The van der Waals surface area contributed by atoms with E-state index in [0.29, 0.717) is 42.6 Å². The van der Waals surface area contributed by atoms with Gasteiger partial charge in [0.05, 0.1) is 11.5 Å². The minimum absolute atomic E-state index is 0.0276. The maximum Gasteiger partial charge on any atom is 0.336 e. The lowest BCUT2D eigenvalue weighted by Crippen LogP contribution is -2.37. The van der Waals surface area contributed by atoms with Gasteiger partial charge >= 0.3 is 11.6 Å². The van der Waals surface area contributed by atoms with Crippen LogP contribution in [0.25, 0.3) is 11.0 Å². The summed E-state index contributed by atoms with van der Waals surface area (Å²) >= 11 is 0. The molecule has 166 valence electrons. The highest BCUT2D eigenvalue weighted by Gasteiger charge is 2.27. The molecule has 0 bridgehead atoms. The molecule has 4 rings (SSSR count). The van der Waals surface area contributed by atoms with E-state index in [2.05, 4.69) is 9.88 Å². The van der Waals surface area contributed by atoms with Crippen molar-refractivity contribution in [3.63, 3.8) is 0 Å². The Kier molecular flexibility index (Phi) is 5.94. The minimum Gasteiger partial charge on any atom is -0.461 e. The molecule has 2 aromatic heterocycles. The topological polar surface area (TPSA) is 116 Å². The number of primary amides is 1. The number of esters is 1. The lowest BCUT2D eigenvalue weighted by molar-refractivity contribution is -0.150. The largest absolute Gasteiger partial charge is 0.461 e. The molecule has 8 heteroatoms. The molecule has 1 saturated heterocycles. The van der Waals surface area contributed by atoms with Gasteiger partial charge in [-0.05, 0) is 62.1 Å². The highest BCUT2D eigenvalue weighted by Crippen LogP contribution is 2.25. The first-order valence-corrected chi connectivity index (χ1v) is 10.5. The second-order valence-corrected chi connectivity index (χ2v) is 8.16. The monoisotopic (exact) mass is 435 g/mol. The highest BCUT2D eigenvalue weighted by molar-refractivity contribution is 5.92. The van der Waals surface area contributed by atoms with Crippen molar-refractivity contribution >= 4 is 28.7 Å². The lowest BCUT2D eigenvalue weighted by atomic mass is 9.97. The smallest absolute Gasteiger partial charge is 0.336 e. The van der Waals surface area contributed by atoms with Gasteiger partial charge in [0.25, 0.3) is 0 Å². The number of benzene rings is 1. The Bertz CT molecular complexity index is 1220. The molecule has 1 aliphatic rings. The molecule has 1 aromatic carbocycles. The quantitative estimate of drug-likeness (QED) is 0.484. The van der Waals surface area contributed by atoms with Gasteiger partial charge in [-0.2, -0.15) is 0 Å². The van der Waals surface area contributed by atoms with E-state index in [1.54, 1.807) is 12.1 Å². The van der Waals surface area contributed by atoms with Crippen molar-refractivity contribution in [2.45, 2.75) is 33.3 Å². The van der Waals surface area contributed by atoms with E-state index in [4.69, 9.17) is 14.9 Å². The molecule has 8 nitrogen and oxygen atoms in total. The molecule has 1 aliphatic heterocycles. The number of ether oxygens (including phenoxy) is 1. The summed E-state index contributed by atoms with van der Waals surface area (Å²) in [6.45, 7) is 5.27. The van der Waals surface area contributed by atoms with Crippen LogP contribution in [-0.2, 0) is 16.1 Å². The van der Waals surface area contributed by atoms with E-state index >= 15 is 0 Å². The number of piperidine rings is 1. The number of aromatic nitrogens is 1. The van der Waals surface area contributed by atoms with Crippen LogP contribution >= 0.6 is 0 Å². The maximum atomic E-state index is 12.7. The van der Waals surface area contributed by atoms with Gasteiger partial charge in [-0.15, -0.1) is 0 Å². The molecule has 0 saturated carbocycles. The zero-order valence-electron chi connectivity index (χ0n) is 18.1. The van der Waals surface area contributed by atoms with Crippen LogP contribution in [0.5, 0.6) is 0 Å². The molecule has 0 atom stereocenters. The predicted octanol–water partition coefficient (Wildman–Crippen LogP) is 2.86. The Morgan fingerprint density at radius 3 is 2.53 bits per heavy atom. The summed E-state index contributed by atoms with van der Waals surface area (Å²) in [7, 11) is 0. The molecular weight excluding hydrogens is 410 g/mol. The van der Waals surface area contributed by atoms with Gasteiger partial charge in [0, 0.05) is 36.3 Å². The zero-order valence-corrected chi connectivity index (χ0v) is 18.1. The fourth-order valence-electron chi connectivity index (χ4n) is 3.93. The molecule has 0 unspecified atom stereocenters. The van der Waals surface area contributed by atoms with Crippen LogP contribution in [0, 0.1) is 19.8 Å². The normalized spacial score (nSPS) is 14.5. The Balaban J connectivity index is 1.38. The van der Waals surface area contributed by atoms with Gasteiger partial charge in [-0.25, -0.2) is 9.78 Å². The minimum atomic E-state index is -0.514. The molecule has 3 aromatic rings. The van der Waals surface area contributed by atoms with E-state index in [1.807, 2.05) is 26.0 Å². The van der Waals surface area contributed by atoms with Crippen LogP contribution in [0.15, 0.2) is 45.7 Å². The van der Waals surface area contributed by atoms with Gasteiger partial charge < -0.3 is 19.8 Å². The number of rotatable bonds is 5. The number of hydrogen-bond donors (Lipinski definition) is 1. The Morgan fingerprint density at radius 2 is 1.88 bits per heavy atom. The number of hydrogen-bond acceptors (Lipinski definition) is 7. The van der Waals surface area contributed by atoms with Crippen LogP contribution in [0.1, 0.15) is 39.9 Å². The van der Waals surface area contributed by atoms with Gasteiger partial charge in [-0.3, -0.25) is 9.59 Å². The van der Waals surface area contributed by atoms with E-state index < -0.39 is 11.5 Å². The van der Waals surface area contributed by atoms with E-state index in [9.17, 15) is 14.4 Å². The molecule has 1 fully saturated rings. The Hall–Kier alpha value is -3.68. The number of nitrogens with zero attached hydrogens (tertiary/aromatic N) is 2. The first-order valence-electron chi connectivity index (χ1n) is 10.5. The van der Waals surface area contributed by atoms with E-state index in [-0.39, 0.29) is 18.5 Å². The number of aryl methyl sites for hydroxylation is 2. The summed E-state index contributed by atoms with van der Waals surface area (Å²) in [4.78, 5) is 42.1. The van der Waals surface area contributed by atoms with Crippen molar-refractivity contribution in [3.05, 3.63) is 69.2 Å². The fourth-order valence-corrected chi connectivity index (χ4v) is 3.93. The third-order valence-electron chi connectivity index (χ3n) is 6.00. The molecule has 1 amide bonds. The van der Waals surface area contributed by atoms with Crippen LogP contribution in [0.3, 0.4) is 0 Å². The lowest BCUT2D eigenvalue weighted by Gasteiger charge is -2.31. The molecule has 32 heavy (non-hydrogen) atoms. The number of carbonyl (C=O) groups excluding carboxylic acids is 2. The second kappa shape index (κ2) is 8.82. The van der Waals surface area contributed by atoms with Crippen molar-refractivity contribution in [2.75, 3.05) is 18.0 Å². The number of amides is 1. The standard InChI is InChI=1S/C24H25N3O5/c1-14-9-19-18(11-22(28)32-20(19)10-15(14)2)13-31-24(30)16-5-7-27(8-6-16)21-4-3-17(12-26-21)23(25)29/h3-4,9-12,16H,5-8,13H2,1-2H3,(H2,25,29). The van der Waals surface area contributed by atoms with Gasteiger partial charge in [0.2, 0.25) is 5.91 Å². The summed E-state index contributed by atoms with van der Waals surface area (Å²) in [5.41, 5.74) is 8.39. The number of fused-ring (bicyclic) bond motifs is 1. The molecule has 0 aliphatic carbocycles. The summed E-state index contributed by atoms with van der Waals surface area (Å²) in [5, 5.41) is 0.779. The Labute approximate surface area is 185 Å². The van der Waals surface area contributed by atoms with Gasteiger partial charge in [0.1, 0.15) is 18.0 Å². The molecule has 3 heterocycles. The number of pyridine rings is 1. The highest BCUT2D eigenvalue weighted by atomic mass is 16.5. The molecular formula is C24H25N3O5. The van der Waals surface area contributed by atoms with Crippen molar-refractivity contribution in [2.24, 2.45) is 11.7 Å². The summed E-state index contributed by atoms with van der Waals surface area (Å²) < 4.78 is 10.9. The van der Waals surface area contributed by atoms with Crippen LogP contribution in [-0.4, -0.2) is 29.9 Å². The van der Waals surface area contributed by atoms with Gasteiger partial charge in [0.15, 0.2) is 0 Å². The third kappa shape index (κ3) is 4.49. The van der Waals surface area contributed by atoms with Crippen molar-refractivity contribution in [3.8, 4) is 0 Å². The average Bonchev–Trinajstić information content (AvgIpc) is 2.78. The first-order chi connectivity index (χ1) is 15.3. The maximum absolute atomic E-state index is 12.7. The third-order valence-corrected chi connectivity index (χ3v) is 6.00. The second-order valence-electron chi connectivity index (χ2n) is 8.16. The molecule has 0 radical (unpaired) electrons. The van der Waals surface area contributed by atoms with Crippen LogP contribution in [0.2, 0.25) is 0 Å². The number of carbonyl (C=O) groups is 2. The van der Waals surface area contributed by atoms with Gasteiger partial charge in [-0.1, -0.05) is 0 Å². The van der Waals surface area contributed by atoms with E-state index in [1.165, 1.54) is 12.3 Å². The van der Waals surface area contributed by atoms with E-state index in [0.717, 1.165) is 22.3 Å². The number of nitrogens with two attached hydrogens (primary N) is 1. The van der Waals surface area contributed by atoms with Crippen molar-refractivity contribution in [1.29, 1.82) is 0 Å². The summed E-state index contributed by atoms with van der Waals surface area (Å²) in [5.74, 6) is -0.256.